The van der Waals surface area contributed by atoms with Crippen LogP contribution in [0.5, 0.6) is 0 Å². The predicted octanol–water partition coefficient (Wildman–Crippen LogP) is 3.47. The second-order valence-electron chi connectivity index (χ2n) is 6.47. The highest BCUT2D eigenvalue weighted by molar-refractivity contribution is 14.0. The van der Waals surface area contributed by atoms with Crippen molar-refractivity contribution < 1.29 is 17.6 Å². The van der Waals surface area contributed by atoms with Crippen molar-refractivity contribution in [3.8, 4) is 0 Å². The molecule has 0 heterocycles. The lowest BCUT2D eigenvalue weighted by Gasteiger charge is -2.25. The van der Waals surface area contributed by atoms with Crippen LogP contribution in [0.25, 0.3) is 0 Å². The smallest absolute Gasteiger partial charge is 0.355 e. The van der Waals surface area contributed by atoms with Gasteiger partial charge >= 0.3 is 6.18 Å². The molecule has 148 valence electrons. The molecule has 0 amide bonds. The molecule has 1 aliphatic rings. The summed E-state index contributed by atoms with van der Waals surface area (Å²) in [7, 11) is 5.58. The van der Waals surface area contributed by atoms with Crippen LogP contribution in [-0.4, -0.2) is 44.6 Å². The molecule has 0 spiro atoms. The normalized spacial score (nSPS) is 16.2. The first-order valence-electron chi connectivity index (χ1n) is 8.19. The number of likely N-dealkylation sites (N-methyl/N-ethyl adjacent to an activating group) is 1. The van der Waals surface area contributed by atoms with Crippen LogP contribution in [0.4, 0.5) is 17.6 Å². The molecule has 2 rings (SSSR count). The summed E-state index contributed by atoms with van der Waals surface area (Å²) in [5, 5.41) is 6.02. The summed E-state index contributed by atoms with van der Waals surface area (Å²) >= 11 is 0. The first kappa shape index (κ1) is 22.9. The highest BCUT2D eigenvalue weighted by atomic mass is 127. The molecule has 0 aliphatic heterocycles. The van der Waals surface area contributed by atoms with Crippen LogP contribution >= 0.6 is 24.0 Å². The van der Waals surface area contributed by atoms with Gasteiger partial charge in [-0.25, -0.2) is 4.39 Å². The second kappa shape index (κ2) is 9.72. The van der Waals surface area contributed by atoms with Gasteiger partial charge in [-0.15, -0.1) is 24.0 Å². The topological polar surface area (TPSA) is 39.7 Å². The van der Waals surface area contributed by atoms with Gasteiger partial charge in [0.25, 0.3) is 0 Å². The summed E-state index contributed by atoms with van der Waals surface area (Å²) in [4.78, 5) is 6.18. The molecule has 1 atom stereocenters. The van der Waals surface area contributed by atoms with E-state index in [1.807, 2.05) is 14.1 Å². The Morgan fingerprint density at radius 1 is 1.27 bits per heavy atom. The molecule has 0 saturated heterocycles. The lowest BCUT2D eigenvalue weighted by atomic mass is 10.1. The highest BCUT2D eigenvalue weighted by Crippen LogP contribution is 2.34. The number of guanidine groups is 1. The fraction of sp³-hybridized carbons (Fsp3) is 0.588. The maximum Gasteiger partial charge on any atom is 0.416 e. The maximum absolute atomic E-state index is 13.1. The second-order valence-corrected chi connectivity index (χ2v) is 6.47. The Morgan fingerprint density at radius 2 is 1.92 bits per heavy atom. The van der Waals surface area contributed by atoms with Crippen LogP contribution in [0.15, 0.2) is 23.2 Å². The Morgan fingerprint density at radius 3 is 2.42 bits per heavy atom. The van der Waals surface area contributed by atoms with Crippen LogP contribution in [0.3, 0.4) is 0 Å². The third-order valence-electron chi connectivity index (χ3n) is 4.36. The van der Waals surface area contributed by atoms with E-state index in [0.29, 0.717) is 30.5 Å². The first-order valence-corrected chi connectivity index (χ1v) is 8.19. The number of hydrogen-bond donors (Lipinski definition) is 2. The molecule has 1 fully saturated rings. The minimum Gasteiger partial charge on any atom is -0.355 e. The van der Waals surface area contributed by atoms with E-state index < -0.39 is 17.6 Å². The Kier molecular flexibility index (Phi) is 8.58. The molecule has 1 aromatic rings. The van der Waals surface area contributed by atoms with Crippen molar-refractivity contribution in [2.24, 2.45) is 10.9 Å². The van der Waals surface area contributed by atoms with Crippen molar-refractivity contribution in [1.82, 2.24) is 15.5 Å². The number of aliphatic imine (C=N–C) groups is 1. The number of halogens is 5. The minimum absolute atomic E-state index is 0. The van der Waals surface area contributed by atoms with Crippen molar-refractivity contribution in [3.63, 3.8) is 0 Å². The van der Waals surface area contributed by atoms with Crippen molar-refractivity contribution >= 4 is 29.9 Å². The summed E-state index contributed by atoms with van der Waals surface area (Å²) in [6.45, 7) is 0.567. The van der Waals surface area contributed by atoms with E-state index in [9.17, 15) is 17.6 Å². The molecule has 26 heavy (non-hydrogen) atoms. The predicted molar refractivity (Wildman–Crippen MR) is 105 cm³/mol. The fourth-order valence-corrected chi connectivity index (χ4v) is 2.82. The zero-order valence-corrected chi connectivity index (χ0v) is 17.4. The number of nitrogens with zero attached hydrogens (tertiary/aromatic N) is 2. The van der Waals surface area contributed by atoms with Gasteiger partial charge in [-0.05, 0) is 50.6 Å². The van der Waals surface area contributed by atoms with Gasteiger partial charge in [0, 0.05) is 26.2 Å². The molecular weight excluding hydrogens is 463 g/mol. The summed E-state index contributed by atoms with van der Waals surface area (Å²) in [5.74, 6) is 0.163. The third-order valence-corrected chi connectivity index (χ3v) is 4.36. The summed E-state index contributed by atoms with van der Waals surface area (Å²) in [6.07, 6.45) is -2.21. The monoisotopic (exact) mass is 488 g/mol. The third kappa shape index (κ3) is 6.57. The van der Waals surface area contributed by atoms with E-state index in [1.165, 1.54) is 12.8 Å². The Labute approximate surface area is 168 Å². The van der Waals surface area contributed by atoms with Gasteiger partial charge in [0.15, 0.2) is 5.96 Å². The molecule has 0 aromatic heterocycles. The van der Waals surface area contributed by atoms with Crippen LogP contribution < -0.4 is 10.6 Å². The Hall–Kier alpha value is -1.10. The number of alkyl halides is 3. The van der Waals surface area contributed by atoms with E-state index >= 15 is 0 Å². The van der Waals surface area contributed by atoms with Crippen molar-refractivity contribution in [2.45, 2.75) is 31.6 Å². The standard InChI is InChI=1S/C17H24F4N4.HI/c1-22-16(24-10-15(25(2)3)11-4-5-11)23-9-12-6-7-13(18)8-14(12)17(19,20)21;/h6-8,11,15H,4-5,9-10H2,1-3H3,(H2,22,23,24);1H. The van der Waals surface area contributed by atoms with E-state index in [2.05, 4.69) is 20.5 Å². The van der Waals surface area contributed by atoms with Crippen LogP contribution in [0.2, 0.25) is 0 Å². The molecular formula is C17H25F4IN4. The van der Waals surface area contributed by atoms with Gasteiger partial charge in [0.1, 0.15) is 5.82 Å². The van der Waals surface area contributed by atoms with E-state index in [-0.39, 0.29) is 36.1 Å². The Bertz CT molecular complexity index is 613. The molecule has 9 heteroatoms. The average molecular weight is 488 g/mol. The highest BCUT2D eigenvalue weighted by Gasteiger charge is 2.34. The molecule has 1 aromatic carbocycles. The Balaban J connectivity index is 0.00000338. The van der Waals surface area contributed by atoms with Gasteiger partial charge < -0.3 is 15.5 Å². The molecule has 0 radical (unpaired) electrons. The van der Waals surface area contributed by atoms with E-state index in [0.717, 1.165) is 12.1 Å². The van der Waals surface area contributed by atoms with Gasteiger partial charge in [-0.1, -0.05) is 6.07 Å². The van der Waals surface area contributed by atoms with Crippen LogP contribution in [0, 0.1) is 11.7 Å². The van der Waals surface area contributed by atoms with Crippen molar-refractivity contribution in [2.75, 3.05) is 27.7 Å². The van der Waals surface area contributed by atoms with Crippen molar-refractivity contribution in [1.29, 1.82) is 0 Å². The van der Waals surface area contributed by atoms with Crippen molar-refractivity contribution in [3.05, 3.63) is 35.1 Å². The van der Waals surface area contributed by atoms with E-state index in [4.69, 9.17) is 0 Å². The lowest BCUT2D eigenvalue weighted by Crippen LogP contribution is -2.45. The van der Waals surface area contributed by atoms with E-state index in [1.54, 1.807) is 7.05 Å². The first-order chi connectivity index (χ1) is 11.7. The van der Waals surface area contributed by atoms with Gasteiger partial charge in [-0.2, -0.15) is 13.2 Å². The van der Waals surface area contributed by atoms with Crippen LogP contribution in [0.1, 0.15) is 24.0 Å². The molecule has 4 nitrogen and oxygen atoms in total. The molecule has 0 bridgehead atoms. The fourth-order valence-electron chi connectivity index (χ4n) is 2.82. The zero-order valence-electron chi connectivity index (χ0n) is 15.0. The molecule has 1 unspecified atom stereocenters. The van der Waals surface area contributed by atoms with Gasteiger partial charge in [0.2, 0.25) is 0 Å². The lowest BCUT2D eigenvalue weighted by molar-refractivity contribution is -0.138. The number of hydrogen-bond acceptors (Lipinski definition) is 2. The summed E-state index contributed by atoms with van der Waals surface area (Å²) in [5.41, 5.74) is -0.997. The van der Waals surface area contributed by atoms with Crippen LogP contribution in [-0.2, 0) is 12.7 Å². The number of rotatable bonds is 6. The number of benzene rings is 1. The molecule has 1 saturated carbocycles. The van der Waals surface area contributed by atoms with Gasteiger partial charge in [-0.3, -0.25) is 4.99 Å². The maximum atomic E-state index is 13.1. The summed E-state index contributed by atoms with van der Waals surface area (Å²) < 4.78 is 52.2. The zero-order chi connectivity index (χ0) is 18.6. The minimum atomic E-state index is -4.60. The average Bonchev–Trinajstić information content (AvgIpc) is 3.35. The molecule has 1 aliphatic carbocycles. The number of nitrogens with one attached hydrogen (secondary N) is 2. The molecule has 2 N–H and O–H groups in total. The summed E-state index contributed by atoms with van der Waals surface area (Å²) in [6, 6.07) is 3.04. The van der Waals surface area contributed by atoms with Gasteiger partial charge in [0.05, 0.1) is 5.56 Å². The SMILES string of the molecule is CN=C(NCc1ccc(F)cc1C(F)(F)F)NCC(C1CC1)N(C)C.I. The largest absolute Gasteiger partial charge is 0.416 e. The quantitative estimate of drug-likeness (QED) is 0.279.